The number of benzene rings is 1. The highest BCUT2D eigenvalue weighted by molar-refractivity contribution is 6.00. The molecule has 29 heavy (non-hydrogen) atoms. The van der Waals surface area contributed by atoms with Crippen LogP contribution in [0.5, 0.6) is 0 Å². The van der Waals surface area contributed by atoms with Gasteiger partial charge in [0.25, 0.3) is 5.56 Å². The van der Waals surface area contributed by atoms with Crippen LogP contribution >= 0.6 is 0 Å². The Morgan fingerprint density at radius 2 is 1.97 bits per heavy atom. The van der Waals surface area contributed by atoms with E-state index in [1.165, 1.54) is 19.3 Å². The molecule has 3 rings (SSSR count). The molecule has 2 N–H and O–H groups in total. The molecule has 0 unspecified atom stereocenters. The number of anilines is 1. The summed E-state index contributed by atoms with van der Waals surface area (Å²) in [5.41, 5.74) is 0.652. The SMILES string of the molecule is CC(C)Cn1cc(NC(=O)NCCCN2CCCC[C@H]2C)c2ccccc2c1=O. The van der Waals surface area contributed by atoms with Gasteiger partial charge in [0.05, 0.1) is 5.69 Å². The molecule has 1 saturated heterocycles. The van der Waals surface area contributed by atoms with E-state index in [-0.39, 0.29) is 11.6 Å². The van der Waals surface area contributed by atoms with Gasteiger partial charge >= 0.3 is 6.03 Å². The molecule has 2 heterocycles. The fourth-order valence-corrected chi connectivity index (χ4v) is 4.11. The van der Waals surface area contributed by atoms with Gasteiger partial charge in [-0.15, -0.1) is 0 Å². The van der Waals surface area contributed by atoms with Crippen LogP contribution < -0.4 is 16.2 Å². The van der Waals surface area contributed by atoms with Gasteiger partial charge in [-0.25, -0.2) is 4.79 Å². The molecule has 1 aliphatic heterocycles. The Hall–Kier alpha value is -2.34. The number of hydrogen-bond donors (Lipinski definition) is 2. The molecule has 6 nitrogen and oxygen atoms in total. The predicted molar refractivity (Wildman–Crippen MR) is 120 cm³/mol. The molecule has 0 spiro atoms. The van der Waals surface area contributed by atoms with Crippen molar-refractivity contribution in [3.8, 4) is 0 Å². The topological polar surface area (TPSA) is 66.4 Å². The number of piperidine rings is 1. The van der Waals surface area contributed by atoms with Gasteiger partial charge in [0, 0.05) is 42.6 Å². The van der Waals surface area contributed by atoms with E-state index in [0.717, 1.165) is 24.9 Å². The van der Waals surface area contributed by atoms with Crippen LogP contribution in [-0.2, 0) is 6.54 Å². The molecular weight excluding hydrogens is 364 g/mol. The third-order valence-electron chi connectivity index (χ3n) is 5.65. The minimum atomic E-state index is -0.225. The molecule has 1 atom stereocenters. The summed E-state index contributed by atoms with van der Waals surface area (Å²) in [5, 5.41) is 7.31. The van der Waals surface area contributed by atoms with Gasteiger partial charge in [-0.3, -0.25) is 4.79 Å². The van der Waals surface area contributed by atoms with Crippen molar-refractivity contribution in [2.45, 2.75) is 59.0 Å². The zero-order chi connectivity index (χ0) is 20.8. The van der Waals surface area contributed by atoms with Gasteiger partial charge in [-0.1, -0.05) is 38.5 Å². The number of hydrogen-bond acceptors (Lipinski definition) is 3. The highest BCUT2D eigenvalue weighted by Gasteiger charge is 2.17. The summed E-state index contributed by atoms with van der Waals surface area (Å²) in [6.45, 7) is 9.87. The number of urea groups is 1. The first-order valence-electron chi connectivity index (χ1n) is 10.9. The fraction of sp³-hybridized carbons (Fsp3) is 0.565. The van der Waals surface area contributed by atoms with Gasteiger partial charge < -0.3 is 20.1 Å². The molecule has 1 aromatic carbocycles. The maximum absolute atomic E-state index is 12.7. The average Bonchev–Trinajstić information content (AvgIpc) is 2.70. The average molecular weight is 399 g/mol. The van der Waals surface area contributed by atoms with E-state index in [1.54, 1.807) is 10.8 Å². The Morgan fingerprint density at radius 1 is 1.21 bits per heavy atom. The van der Waals surface area contributed by atoms with Crippen LogP contribution in [0.25, 0.3) is 10.8 Å². The molecule has 2 amide bonds. The Bertz CT molecular complexity index is 890. The van der Waals surface area contributed by atoms with Crippen LogP contribution in [0.1, 0.15) is 46.5 Å². The molecule has 0 aliphatic carbocycles. The van der Waals surface area contributed by atoms with Crippen molar-refractivity contribution in [1.82, 2.24) is 14.8 Å². The zero-order valence-electron chi connectivity index (χ0n) is 17.9. The highest BCUT2D eigenvalue weighted by Crippen LogP contribution is 2.21. The molecule has 0 bridgehead atoms. The van der Waals surface area contributed by atoms with Crippen LogP contribution in [0.2, 0.25) is 0 Å². The Balaban J connectivity index is 1.62. The molecule has 158 valence electrons. The maximum atomic E-state index is 12.7. The Morgan fingerprint density at radius 3 is 2.69 bits per heavy atom. The first-order valence-corrected chi connectivity index (χ1v) is 10.9. The minimum Gasteiger partial charge on any atom is -0.338 e. The van der Waals surface area contributed by atoms with Crippen LogP contribution in [0, 0.1) is 5.92 Å². The largest absolute Gasteiger partial charge is 0.338 e. The highest BCUT2D eigenvalue weighted by atomic mass is 16.2. The summed E-state index contributed by atoms with van der Waals surface area (Å²) >= 11 is 0. The fourth-order valence-electron chi connectivity index (χ4n) is 4.11. The van der Waals surface area contributed by atoms with Crippen LogP contribution in [0.4, 0.5) is 10.5 Å². The van der Waals surface area contributed by atoms with Crippen molar-refractivity contribution in [1.29, 1.82) is 0 Å². The second kappa shape index (κ2) is 9.92. The number of carbonyl (C=O) groups is 1. The standard InChI is InChI=1S/C23H34N4O2/c1-17(2)15-27-16-21(19-10-4-5-11-20(19)22(27)28)25-23(29)24-12-8-14-26-13-7-6-9-18(26)3/h4-5,10-11,16-18H,6-9,12-15H2,1-3H3,(H2,24,25,29)/t18-/m1/s1. The molecular formula is C23H34N4O2. The molecule has 0 radical (unpaired) electrons. The van der Waals surface area contributed by atoms with E-state index in [4.69, 9.17) is 0 Å². The van der Waals surface area contributed by atoms with Crippen molar-refractivity contribution >= 4 is 22.5 Å². The Kier molecular flexibility index (Phi) is 7.31. The van der Waals surface area contributed by atoms with E-state index in [1.807, 2.05) is 24.3 Å². The molecule has 2 aromatic rings. The second-order valence-corrected chi connectivity index (χ2v) is 8.55. The van der Waals surface area contributed by atoms with Gasteiger partial charge in [0.1, 0.15) is 0 Å². The lowest BCUT2D eigenvalue weighted by Crippen LogP contribution is -2.39. The lowest BCUT2D eigenvalue weighted by Gasteiger charge is -2.33. The van der Waals surface area contributed by atoms with Crippen molar-refractivity contribution in [3.63, 3.8) is 0 Å². The summed E-state index contributed by atoms with van der Waals surface area (Å²) in [5.74, 6) is 0.340. The summed E-state index contributed by atoms with van der Waals surface area (Å²) in [6.07, 6.45) is 6.57. The molecule has 1 aliphatic rings. The number of amides is 2. The lowest BCUT2D eigenvalue weighted by molar-refractivity contribution is 0.159. The van der Waals surface area contributed by atoms with Crippen molar-refractivity contribution in [2.24, 2.45) is 5.92 Å². The van der Waals surface area contributed by atoms with Crippen molar-refractivity contribution in [3.05, 3.63) is 40.8 Å². The third-order valence-corrected chi connectivity index (χ3v) is 5.65. The monoisotopic (exact) mass is 398 g/mol. The third kappa shape index (κ3) is 5.60. The number of rotatable bonds is 7. The molecule has 1 aromatic heterocycles. The van der Waals surface area contributed by atoms with E-state index in [2.05, 4.69) is 36.3 Å². The number of nitrogens with zero attached hydrogens (tertiary/aromatic N) is 2. The summed E-state index contributed by atoms with van der Waals surface area (Å²) in [6, 6.07) is 7.86. The summed E-state index contributed by atoms with van der Waals surface area (Å²) < 4.78 is 1.69. The van der Waals surface area contributed by atoms with E-state index in [9.17, 15) is 9.59 Å². The number of carbonyl (C=O) groups excluding carboxylic acids is 1. The molecule has 0 saturated carbocycles. The zero-order valence-corrected chi connectivity index (χ0v) is 17.9. The Labute approximate surface area is 173 Å². The van der Waals surface area contributed by atoms with Gasteiger partial charge in [0.2, 0.25) is 0 Å². The van der Waals surface area contributed by atoms with Gasteiger partial charge in [0.15, 0.2) is 0 Å². The lowest BCUT2D eigenvalue weighted by atomic mass is 10.0. The first kappa shape index (κ1) is 21.4. The van der Waals surface area contributed by atoms with Crippen LogP contribution in [0.3, 0.4) is 0 Å². The predicted octanol–water partition coefficient (Wildman–Crippen LogP) is 4.04. The van der Waals surface area contributed by atoms with Gasteiger partial charge in [-0.05, 0) is 44.7 Å². The minimum absolute atomic E-state index is 0.0177. The summed E-state index contributed by atoms with van der Waals surface area (Å²) in [7, 11) is 0. The second-order valence-electron chi connectivity index (χ2n) is 8.55. The number of pyridine rings is 1. The number of likely N-dealkylation sites (tertiary alicyclic amines) is 1. The first-order chi connectivity index (χ1) is 14.0. The van der Waals surface area contributed by atoms with Crippen LogP contribution in [0.15, 0.2) is 35.3 Å². The van der Waals surface area contributed by atoms with E-state index in [0.29, 0.717) is 36.1 Å². The molecule has 6 heteroatoms. The number of fused-ring (bicyclic) bond motifs is 1. The smallest absolute Gasteiger partial charge is 0.319 e. The summed E-state index contributed by atoms with van der Waals surface area (Å²) in [4.78, 5) is 27.7. The van der Waals surface area contributed by atoms with Gasteiger partial charge in [-0.2, -0.15) is 0 Å². The number of aromatic nitrogens is 1. The molecule has 1 fully saturated rings. The van der Waals surface area contributed by atoms with Crippen molar-refractivity contribution in [2.75, 3.05) is 25.0 Å². The van der Waals surface area contributed by atoms with E-state index < -0.39 is 0 Å². The van der Waals surface area contributed by atoms with Crippen molar-refractivity contribution < 1.29 is 4.79 Å². The maximum Gasteiger partial charge on any atom is 0.319 e. The number of nitrogens with one attached hydrogen (secondary N) is 2. The van der Waals surface area contributed by atoms with E-state index >= 15 is 0 Å². The normalized spacial score (nSPS) is 17.6. The van der Waals surface area contributed by atoms with Crippen LogP contribution in [-0.4, -0.2) is 41.2 Å². The quantitative estimate of drug-likeness (QED) is 0.692.